The molecule has 0 heterocycles. The van der Waals surface area contributed by atoms with E-state index in [-0.39, 0.29) is 26.9 Å². The Morgan fingerprint density at radius 3 is 2.33 bits per heavy atom. The van der Waals surface area contributed by atoms with Crippen molar-refractivity contribution < 1.29 is 17.6 Å². The maximum absolute atomic E-state index is 13.5. The van der Waals surface area contributed by atoms with E-state index in [4.69, 9.17) is 11.6 Å². The molecule has 0 bridgehead atoms. The van der Waals surface area contributed by atoms with Crippen LogP contribution >= 0.6 is 11.6 Å². The third-order valence-corrected chi connectivity index (χ3v) is 5.31. The van der Waals surface area contributed by atoms with Crippen molar-refractivity contribution >= 4 is 38.9 Å². The number of nitrogens with one attached hydrogen (secondary N) is 2. The molecule has 0 saturated heterocycles. The molecule has 8 heteroatoms. The van der Waals surface area contributed by atoms with Crippen LogP contribution in [0.15, 0.2) is 77.7 Å². The Labute approximate surface area is 160 Å². The minimum absolute atomic E-state index is 0.0506. The average molecular weight is 405 g/mol. The Hall–Kier alpha value is -2.90. The van der Waals surface area contributed by atoms with Crippen molar-refractivity contribution in [2.75, 3.05) is 10.0 Å². The number of sulfonamides is 1. The summed E-state index contributed by atoms with van der Waals surface area (Å²) in [6.45, 7) is 0. The second-order valence-electron chi connectivity index (χ2n) is 5.58. The van der Waals surface area contributed by atoms with Gasteiger partial charge in [0.15, 0.2) is 0 Å². The van der Waals surface area contributed by atoms with Crippen LogP contribution in [0.1, 0.15) is 10.4 Å². The molecule has 3 aromatic carbocycles. The highest BCUT2D eigenvalue weighted by Gasteiger charge is 2.15. The van der Waals surface area contributed by atoms with Gasteiger partial charge in [-0.15, -0.1) is 0 Å². The zero-order chi connectivity index (χ0) is 19.4. The molecule has 0 unspecified atom stereocenters. The van der Waals surface area contributed by atoms with Gasteiger partial charge in [-0.25, -0.2) is 12.8 Å². The minimum Gasteiger partial charge on any atom is -0.322 e. The number of halogens is 2. The van der Waals surface area contributed by atoms with E-state index in [1.807, 2.05) is 0 Å². The largest absolute Gasteiger partial charge is 0.322 e. The molecule has 0 fully saturated rings. The van der Waals surface area contributed by atoms with E-state index in [9.17, 15) is 17.6 Å². The molecule has 3 aromatic rings. The fraction of sp³-hybridized carbons (Fsp3) is 0. The van der Waals surface area contributed by atoms with Crippen LogP contribution in [-0.2, 0) is 10.0 Å². The molecule has 0 aliphatic heterocycles. The lowest BCUT2D eigenvalue weighted by molar-refractivity contribution is 0.102. The molecule has 27 heavy (non-hydrogen) atoms. The van der Waals surface area contributed by atoms with Crippen molar-refractivity contribution in [2.45, 2.75) is 4.90 Å². The Morgan fingerprint density at radius 1 is 0.889 bits per heavy atom. The second-order valence-corrected chi connectivity index (χ2v) is 7.67. The number of anilines is 2. The highest BCUT2D eigenvalue weighted by Crippen LogP contribution is 2.21. The Kier molecular flexibility index (Phi) is 5.43. The fourth-order valence-electron chi connectivity index (χ4n) is 2.31. The summed E-state index contributed by atoms with van der Waals surface area (Å²) in [4.78, 5) is 12.5. The number of benzene rings is 3. The van der Waals surface area contributed by atoms with E-state index < -0.39 is 21.7 Å². The van der Waals surface area contributed by atoms with Crippen LogP contribution in [0.5, 0.6) is 0 Å². The molecular formula is C19H14ClFN2O3S. The van der Waals surface area contributed by atoms with Gasteiger partial charge in [0.25, 0.3) is 15.9 Å². The summed E-state index contributed by atoms with van der Waals surface area (Å²) in [5.41, 5.74) is 0.671. The van der Waals surface area contributed by atoms with Gasteiger partial charge in [-0.05, 0) is 48.5 Å². The van der Waals surface area contributed by atoms with Crippen molar-refractivity contribution in [1.82, 2.24) is 0 Å². The zero-order valence-corrected chi connectivity index (χ0v) is 15.4. The fourth-order valence-corrected chi connectivity index (χ4v) is 3.50. The number of rotatable bonds is 5. The normalized spacial score (nSPS) is 11.0. The molecule has 0 aromatic heterocycles. The maximum Gasteiger partial charge on any atom is 0.261 e. The molecule has 0 aliphatic rings. The summed E-state index contributed by atoms with van der Waals surface area (Å²) >= 11 is 5.61. The third kappa shape index (κ3) is 4.64. The molecule has 0 aliphatic carbocycles. The predicted octanol–water partition coefficient (Wildman–Crippen LogP) is 4.53. The molecule has 1 amide bonds. The van der Waals surface area contributed by atoms with Crippen LogP contribution in [0.4, 0.5) is 15.8 Å². The van der Waals surface area contributed by atoms with Crippen LogP contribution in [0.3, 0.4) is 0 Å². The first kappa shape index (κ1) is 18.9. The Morgan fingerprint density at radius 2 is 1.63 bits per heavy atom. The molecule has 2 N–H and O–H groups in total. The van der Waals surface area contributed by atoms with Crippen molar-refractivity contribution in [1.29, 1.82) is 0 Å². The van der Waals surface area contributed by atoms with Crippen LogP contribution in [0, 0.1) is 5.82 Å². The topological polar surface area (TPSA) is 75.3 Å². The SMILES string of the molecule is O=C(Nc1ccc(Cl)c(F)c1)c1cccc(NS(=O)(=O)c2ccccc2)c1. The lowest BCUT2D eigenvalue weighted by Crippen LogP contribution is -2.15. The van der Waals surface area contributed by atoms with Gasteiger partial charge in [0.05, 0.1) is 9.92 Å². The van der Waals surface area contributed by atoms with Crippen LogP contribution in [-0.4, -0.2) is 14.3 Å². The van der Waals surface area contributed by atoms with Crippen molar-refractivity contribution in [2.24, 2.45) is 0 Å². The molecule has 3 rings (SSSR count). The van der Waals surface area contributed by atoms with Crippen molar-refractivity contribution in [3.63, 3.8) is 0 Å². The van der Waals surface area contributed by atoms with Crippen LogP contribution in [0.25, 0.3) is 0 Å². The van der Waals surface area contributed by atoms with Gasteiger partial charge >= 0.3 is 0 Å². The standard InChI is InChI=1S/C19H14ClFN2O3S/c20-17-10-9-14(12-18(17)21)22-19(24)13-5-4-6-15(11-13)23-27(25,26)16-7-2-1-3-8-16/h1-12,23H,(H,22,24). The maximum atomic E-state index is 13.5. The van der Waals surface area contributed by atoms with E-state index in [0.717, 1.165) is 6.07 Å². The van der Waals surface area contributed by atoms with E-state index in [0.29, 0.717) is 0 Å². The van der Waals surface area contributed by atoms with Gasteiger partial charge < -0.3 is 5.32 Å². The predicted molar refractivity (Wildman–Crippen MR) is 103 cm³/mol. The van der Waals surface area contributed by atoms with Gasteiger partial charge in [-0.1, -0.05) is 35.9 Å². The van der Waals surface area contributed by atoms with Gasteiger partial charge in [-0.3, -0.25) is 9.52 Å². The first-order valence-corrected chi connectivity index (χ1v) is 9.65. The van der Waals surface area contributed by atoms with Gasteiger partial charge in [0.1, 0.15) is 5.82 Å². The zero-order valence-electron chi connectivity index (χ0n) is 13.8. The monoisotopic (exact) mass is 404 g/mol. The molecule has 0 saturated carbocycles. The third-order valence-electron chi connectivity index (χ3n) is 3.61. The Balaban J connectivity index is 1.79. The summed E-state index contributed by atoms with van der Waals surface area (Å²) in [6.07, 6.45) is 0. The number of hydrogen-bond acceptors (Lipinski definition) is 3. The average Bonchev–Trinajstić information content (AvgIpc) is 2.65. The summed E-state index contributed by atoms with van der Waals surface area (Å²) in [5, 5.41) is 2.48. The van der Waals surface area contributed by atoms with E-state index in [2.05, 4.69) is 10.0 Å². The van der Waals surface area contributed by atoms with Crippen molar-refractivity contribution in [3.8, 4) is 0 Å². The summed E-state index contributed by atoms with van der Waals surface area (Å²) in [5.74, 6) is -1.17. The van der Waals surface area contributed by atoms with Crippen LogP contribution < -0.4 is 10.0 Å². The van der Waals surface area contributed by atoms with Gasteiger partial charge in [-0.2, -0.15) is 0 Å². The lowest BCUT2D eigenvalue weighted by atomic mass is 10.2. The van der Waals surface area contributed by atoms with Gasteiger partial charge in [0, 0.05) is 16.9 Å². The smallest absolute Gasteiger partial charge is 0.261 e. The van der Waals surface area contributed by atoms with E-state index >= 15 is 0 Å². The molecule has 0 spiro atoms. The van der Waals surface area contributed by atoms with E-state index in [1.54, 1.807) is 24.3 Å². The summed E-state index contributed by atoms with van der Waals surface area (Å²) in [7, 11) is -3.77. The number of hydrogen-bond donors (Lipinski definition) is 2. The summed E-state index contributed by atoms with van der Waals surface area (Å²) in [6, 6.07) is 17.7. The summed E-state index contributed by atoms with van der Waals surface area (Å²) < 4.78 is 40.7. The van der Waals surface area contributed by atoms with Crippen molar-refractivity contribution in [3.05, 3.63) is 89.2 Å². The highest BCUT2D eigenvalue weighted by atomic mass is 35.5. The number of carbonyl (C=O) groups excluding carboxylic acids is 1. The second kappa shape index (κ2) is 7.77. The molecular weight excluding hydrogens is 391 g/mol. The number of carbonyl (C=O) groups is 1. The Bertz CT molecular complexity index is 1090. The lowest BCUT2D eigenvalue weighted by Gasteiger charge is -2.10. The van der Waals surface area contributed by atoms with Crippen LogP contribution in [0.2, 0.25) is 5.02 Å². The highest BCUT2D eigenvalue weighted by molar-refractivity contribution is 7.92. The molecule has 0 atom stereocenters. The first-order chi connectivity index (χ1) is 12.8. The molecule has 5 nitrogen and oxygen atoms in total. The first-order valence-electron chi connectivity index (χ1n) is 7.79. The molecule has 0 radical (unpaired) electrons. The number of amides is 1. The van der Waals surface area contributed by atoms with E-state index in [1.165, 1.54) is 42.5 Å². The quantitative estimate of drug-likeness (QED) is 0.655. The van der Waals surface area contributed by atoms with Gasteiger partial charge in [0.2, 0.25) is 0 Å². The molecule has 138 valence electrons. The minimum atomic E-state index is -3.77.